The maximum Gasteiger partial charge on any atom is 0.257 e. The Balaban J connectivity index is 1.71. The summed E-state index contributed by atoms with van der Waals surface area (Å²) in [6, 6.07) is 17.8. The van der Waals surface area contributed by atoms with Crippen LogP contribution in [-0.2, 0) is 6.61 Å². The van der Waals surface area contributed by atoms with Crippen molar-refractivity contribution >= 4 is 5.91 Å². The molecule has 0 radical (unpaired) electrons. The van der Waals surface area contributed by atoms with Crippen LogP contribution < -0.4 is 10.1 Å². The SMILES string of the molecule is CN(C(=O)c1ccccc1OCc1ccccc1)C1CCNCC1. The van der Waals surface area contributed by atoms with Crippen molar-refractivity contribution in [2.24, 2.45) is 0 Å². The zero-order chi connectivity index (χ0) is 16.8. The van der Waals surface area contributed by atoms with Crippen molar-refractivity contribution in [3.05, 3.63) is 65.7 Å². The molecule has 1 aliphatic heterocycles. The third-order valence-corrected chi connectivity index (χ3v) is 4.53. The van der Waals surface area contributed by atoms with E-state index in [0.29, 0.717) is 24.0 Å². The van der Waals surface area contributed by atoms with Gasteiger partial charge in [-0.15, -0.1) is 0 Å². The van der Waals surface area contributed by atoms with Crippen molar-refractivity contribution in [1.29, 1.82) is 0 Å². The zero-order valence-corrected chi connectivity index (χ0v) is 14.1. The predicted molar refractivity (Wildman–Crippen MR) is 95.2 cm³/mol. The van der Waals surface area contributed by atoms with Crippen LogP contribution in [0.2, 0.25) is 0 Å². The third-order valence-electron chi connectivity index (χ3n) is 4.53. The Morgan fingerprint density at radius 3 is 2.50 bits per heavy atom. The van der Waals surface area contributed by atoms with Crippen molar-refractivity contribution in [1.82, 2.24) is 10.2 Å². The van der Waals surface area contributed by atoms with Crippen LogP contribution in [0.3, 0.4) is 0 Å². The average molecular weight is 324 g/mol. The molecule has 1 fully saturated rings. The van der Waals surface area contributed by atoms with Gasteiger partial charge in [0.05, 0.1) is 5.56 Å². The van der Waals surface area contributed by atoms with Gasteiger partial charge in [-0.25, -0.2) is 0 Å². The number of amides is 1. The lowest BCUT2D eigenvalue weighted by Crippen LogP contribution is -2.44. The summed E-state index contributed by atoms with van der Waals surface area (Å²) >= 11 is 0. The topological polar surface area (TPSA) is 41.6 Å². The van der Waals surface area contributed by atoms with Crippen molar-refractivity contribution < 1.29 is 9.53 Å². The van der Waals surface area contributed by atoms with Crippen molar-refractivity contribution in [2.45, 2.75) is 25.5 Å². The Morgan fingerprint density at radius 1 is 1.08 bits per heavy atom. The molecule has 4 heteroatoms. The monoisotopic (exact) mass is 324 g/mol. The molecule has 1 amide bonds. The number of ether oxygens (including phenoxy) is 1. The Morgan fingerprint density at radius 2 is 1.75 bits per heavy atom. The van der Waals surface area contributed by atoms with Crippen LogP contribution in [0.4, 0.5) is 0 Å². The number of carbonyl (C=O) groups is 1. The average Bonchev–Trinajstić information content (AvgIpc) is 2.67. The maximum absolute atomic E-state index is 12.9. The van der Waals surface area contributed by atoms with E-state index in [1.54, 1.807) is 0 Å². The van der Waals surface area contributed by atoms with E-state index in [4.69, 9.17) is 4.74 Å². The highest BCUT2D eigenvalue weighted by Crippen LogP contribution is 2.23. The van der Waals surface area contributed by atoms with Gasteiger partial charge in [-0.2, -0.15) is 0 Å². The van der Waals surface area contributed by atoms with Gasteiger partial charge in [0, 0.05) is 13.1 Å². The summed E-state index contributed by atoms with van der Waals surface area (Å²) in [5, 5.41) is 3.34. The van der Waals surface area contributed by atoms with Crippen LogP contribution >= 0.6 is 0 Å². The molecule has 126 valence electrons. The molecule has 1 saturated heterocycles. The number of carbonyl (C=O) groups excluding carboxylic acids is 1. The minimum atomic E-state index is 0.0329. The van der Waals surface area contributed by atoms with Gasteiger partial charge in [0.2, 0.25) is 0 Å². The molecule has 24 heavy (non-hydrogen) atoms. The van der Waals surface area contributed by atoms with Crippen LogP contribution in [0.1, 0.15) is 28.8 Å². The standard InChI is InChI=1S/C20H24N2O2/c1-22(17-11-13-21-14-12-17)20(23)18-9-5-6-10-19(18)24-15-16-7-3-2-4-8-16/h2-10,17,21H,11-15H2,1H3. The van der Waals surface area contributed by atoms with Crippen LogP contribution in [-0.4, -0.2) is 37.0 Å². The van der Waals surface area contributed by atoms with Gasteiger partial charge < -0.3 is 15.0 Å². The quantitative estimate of drug-likeness (QED) is 0.919. The molecule has 0 aromatic heterocycles. The summed E-state index contributed by atoms with van der Waals surface area (Å²) in [5.74, 6) is 0.678. The number of benzene rings is 2. The van der Waals surface area contributed by atoms with Crippen molar-refractivity contribution in [2.75, 3.05) is 20.1 Å². The lowest BCUT2D eigenvalue weighted by molar-refractivity contribution is 0.0698. The molecule has 2 aromatic rings. The first-order valence-corrected chi connectivity index (χ1v) is 8.49. The molecule has 1 heterocycles. The predicted octanol–water partition coefficient (Wildman–Crippen LogP) is 3.09. The molecule has 0 bridgehead atoms. The van der Waals surface area contributed by atoms with E-state index in [9.17, 15) is 4.79 Å². The number of hydrogen-bond acceptors (Lipinski definition) is 3. The molecular weight excluding hydrogens is 300 g/mol. The highest BCUT2D eigenvalue weighted by Gasteiger charge is 2.24. The first-order chi connectivity index (χ1) is 11.8. The Kier molecular flexibility index (Phi) is 5.49. The number of nitrogens with one attached hydrogen (secondary N) is 1. The number of para-hydroxylation sites is 1. The first-order valence-electron chi connectivity index (χ1n) is 8.49. The Labute approximate surface area is 143 Å². The molecular formula is C20H24N2O2. The lowest BCUT2D eigenvalue weighted by atomic mass is 10.0. The van der Waals surface area contributed by atoms with Gasteiger partial charge in [0.15, 0.2) is 0 Å². The highest BCUT2D eigenvalue weighted by molar-refractivity contribution is 5.97. The van der Waals surface area contributed by atoms with Gasteiger partial charge in [0.1, 0.15) is 12.4 Å². The molecule has 0 spiro atoms. The number of nitrogens with zero attached hydrogens (tertiary/aromatic N) is 1. The van der Waals surface area contributed by atoms with Gasteiger partial charge in [-0.3, -0.25) is 4.79 Å². The van der Waals surface area contributed by atoms with Crippen LogP contribution in [0.25, 0.3) is 0 Å². The first kappa shape index (κ1) is 16.5. The number of hydrogen-bond donors (Lipinski definition) is 1. The number of piperidine rings is 1. The molecule has 0 unspecified atom stereocenters. The minimum absolute atomic E-state index is 0.0329. The highest BCUT2D eigenvalue weighted by atomic mass is 16.5. The summed E-state index contributed by atoms with van der Waals surface area (Å²) in [4.78, 5) is 14.8. The molecule has 0 saturated carbocycles. The molecule has 4 nitrogen and oxygen atoms in total. The lowest BCUT2D eigenvalue weighted by Gasteiger charge is -2.32. The van der Waals surface area contributed by atoms with Crippen molar-refractivity contribution in [3.8, 4) is 5.75 Å². The smallest absolute Gasteiger partial charge is 0.257 e. The summed E-state index contributed by atoms with van der Waals surface area (Å²) in [5.41, 5.74) is 1.72. The number of rotatable bonds is 5. The molecule has 1 N–H and O–H groups in total. The van der Waals surface area contributed by atoms with E-state index < -0.39 is 0 Å². The van der Waals surface area contributed by atoms with Crippen LogP contribution in [0.15, 0.2) is 54.6 Å². The molecule has 1 aliphatic rings. The van der Waals surface area contributed by atoms with Crippen LogP contribution in [0, 0.1) is 0 Å². The fraction of sp³-hybridized carbons (Fsp3) is 0.350. The van der Waals surface area contributed by atoms with Crippen LogP contribution in [0.5, 0.6) is 5.75 Å². The zero-order valence-electron chi connectivity index (χ0n) is 14.1. The summed E-state index contributed by atoms with van der Waals surface area (Å²) in [6.45, 7) is 2.39. The second-order valence-electron chi connectivity index (χ2n) is 6.17. The second-order valence-corrected chi connectivity index (χ2v) is 6.17. The minimum Gasteiger partial charge on any atom is -0.488 e. The van der Waals surface area contributed by atoms with E-state index in [1.165, 1.54) is 0 Å². The van der Waals surface area contributed by atoms with Gasteiger partial charge in [0.25, 0.3) is 5.91 Å². The summed E-state index contributed by atoms with van der Waals surface area (Å²) in [6.07, 6.45) is 1.99. The maximum atomic E-state index is 12.9. The van der Waals surface area contributed by atoms with Gasteiger partial charge in [-0.05, 0) is 43.6 Å². The fourth-order valence-corrected chi connectivity index (χ4v) is 3.05. The van der Waals surface area contributed by atoms with Gasteiger partial charge >= 0.3 is 0 Å². The van der Waals surface area contributed by atoms with Crippen molar-refractivity contribution in [3.63, 3.8) is 0 Å². The fourth-order valence-electron chi connectivity index (χ4n) is 3.05. The normalized spacial score (nSPS) is 15.0. The molecule has 0 atom stereocenters. The van der Waals surface area contributed by atoms with E-state index in [-0.39, 0.29) is 5.91 Å². The molecule has 0 aliphatic carbocycles. The van der Waals surface area contributed by atoms with Gasteiger partial charge in [-0.1, -0.05) is 42.5 Å². The molecule has 3 rings (SSSR count). The molecule has 2 aromatic carbocycles. The summed E-state index contributed by atoms with van der Waals surface area (Å²) in [7, 11) is 1.90. The largest absolute Gasteiger partial charge is 0.488 e. The van der Waals surface area contributed by atoms with E-state index in [2.05, 4.69) is 5.32 Å². The summed E-state index contributed by atoms with van der Waals surface area (Å²) < 4.78 is 5.92. The second kappa shape index (κ2) is 7.97. The Bertz CT molecular complexity index is 666. The van der Waals surface area contributed by atoms with E-state index >= 15 is 0 Å². The van der Waals surface area contributed by atoms with E-state index in [1.807, 2.05) is 66.5 Å². The van der Waals surface area contributed by atoms with E-state index in [0.717, 1.165) is 31.5 Å². The Hall–Kier alpha value is -2.33. The third kappa shape index (κ3) is 3.95.